The number of hydrogen-bond donors (Lipinski definition) is 1. The molecule has 6 nitrogen and oxygen atoms in total. The first-order valence-electron chi connectivity index (χ1n) is 6.56. The van der Waals surface area contributed by atoms with Gasteiger partial charge in [-0.3, -0.25) is 4.79 Å². The lowest BCUT2D eigenvalue weighted by molar-refractivity contribution is -0.119. The Morgan fingerprint density at radius 1 is 1.36 bits per heavy atom. The summed E-state index contributed by atoms with van der Waals surface area (Å²) in [5, 5.41) is 2.93. The second-order valence-corrected chi connectivity index (χ2v) is 7.69. The zero-order chi connectivity index (χ0) is 16.5. The highest BCUT2D eigenvalue weighted by Crippen LogP contribution is 2.35. The lowest BCUT2D eigenvalue weighted by atomic mass is 10.3. The molecule has 0 aliphatic carbocycles. The number of nitrogens with one attached hydrogen (secondary N) is 1. The van der Waals surface area contributed by atoms with Crippen LogP contribution in [0.3, 0.4) is 0 Å². The molecule has 1 unspecified atom stereocenters. The van der Waals surface area contributed by atoms with Gasteiger partial charge in [0.25, 0.3) is 0 Å². The molecule has 1 atom stereocenters. The Hall–Kier alpha value is -1.02. The average molecular weight is 367 g/mol. The zero-order valence-electron chi connectivity index (χ0n) is 12.1. The van der Waals surface area contributed by atoms with Crippen LogP contribution >= 0.6 is 23.2 Å². The van der Waals surface area contributed by atoms with Crippen molar-refractivity contribution in [1.82, 2.24) is 9.62 Å². The first-order chi connectivity index (χ1) is 10.3. The lowest BCUT2D eigenvalue weighted by Gasteiger charge is -2.18. The quantitative estimate of drug-likeness (QED) is 0.882. The monoisotopic (exact) mass is 366 g/mol. The number of sulfonamides is 1. The number of benzene rings is 1. The molecule has 0 radical (unpaired) electrons. The normalized spacial score (nSPS) is 19.2. The second-order valence-electron chi connectivity index (χ2n) is 4.97. The largest absolute Gasteiger partial charge is 0.495 e. The van der Waals surface area contributed by atoms with Gasteiger partial charge >= 0.3 is 0 Å². The molecule has 0 aromatic heterocycles. The summed E-state index contributed by atoms with van der Waals surface area (Å²) < 4.78 is 31.6. The van der Waals surface area contributed by atoms with Crippen molar-refractivity contribution in [3.05, 3.63) is 22.2 Å². The van der Waals surface area contributed by atoms with Gasteiger partial charge in [-0.25, -0.2) is 8.42 Å². The summed E-state index contributed by atoms with van der Waals surface area (Å²) in [6, 6.07) is 2.46. The van der Waals surface area contributed by atoms with Gasteiger partial charge in [0.1, 0.15) is 10.6 Å². The number of ether oxygens (including phenoxy) is 1. The molecule has 1 aliphatic heterocycles. The molecule has 1 fully saturated rings. The van der Waals surface area contributed by atoms with Crippen LogP contribution in [0, 0.1) is 0 Å². The maximum atomic E-state index is 12.7. The van der Waals surface area contributed by atoms with E-state index in [0.717, 1.165) is 0 Å². The first-order valence-corrected chi connectivity index (χ1v) is 8.75. The Morgan fingerprint density at radius 3 is 2.64 bits per heavy atom. The molecule has 0 saturated carbocycles. The van der Waals surface area contributed by atoms with Crippen molar-refractivity contribution < 1.29 is 17.9 Å². The van der Waals surface area contributed by atoms with E-state index in [2.05, 4.69) is 5.32 Å². The van der Waals surface area contributed by atoms with Gasteiger partial charge in [-0.2, -0.15) is 4.31 Å². The van der Waals surface area contributed by atoms with Crippen molar-refractivity contribution in [2.75, 3.05) is 20.2 Å². The number of rotatable bonds is 4. The van der Waals surface area contributed by atoms with Crippen LogP contribution in [0.15, 0.2) is 17.0 Å². The van der Waals surface area contributed by atoms with Gasteiger partial charge in [-0.1, -0.05) is 23.2 Å². The van der Waals surface area contributed by atoms with Crippen LogP contribution in [-0.2, 0) is 14.8 Å². The van der Waals surface area contributed by atoms with Crippen LogP contribution in [0.2, 0.25) is 10.0 Å². The summed E-state index contributed by atoms with van der Waals surface area (Å²) in [5.74, 6) is 0.123. The minimum Gasteiger partial charge on any atom is -0.495 e. The fraction of sp³-hybridized carbons (Fsp3) is 0.462. The molecule has 22 heavy (non-hydrogen) atoms. The summed E-state index contributed by atoms with van der Waals surface area (Å²) in [6.07, 6.45) is 0.556. The molecule has 1 N–H and O–H groups in total. The van der Waals surface area contributed by atoms with E-state index in [4.69, 9.17) is 27.9 Å². The highest BCUT2D eigenvalue weighted by atomic mass is 35.5. The van der Waals surface area contributed by atoms with Crippen LogP contribution in [0.4, 0.5) is 0 Å². The van der Waals surface area contributed by atoms with Gasteiger partial charge in [0, 0.05) is 32.1 Å². The molecular formula is C13H16Cl2N2O4S. The number of hydrogen-bond acceptors (Lipinski definition) is 4. The molecule has 0 bridgehead atoms. The van der Waals surface area contributed by atoms with Gasteiger partial charge < -0.3 is 10.1 Å². The highest BCUT2D eigenvalue weighted by Gasteiger charge is 2.34. The van der Waals surface area contributed by atoms with E-state index in [-0.39, 0.29) is 33.4 Å². The van der Waals surface area contributed by atoms with Gasteiger partial charge in [0.05, 0.1) is 17.2 Å². The summed E-state index contributed by atoms with van der Waals surface area (Å²) in [7, 11) is -2.35. The van der Waals surface area contributed by atoms with Crippen molar-refractivity contribution in [2.45, 2.75) is 24.3 Å². The van der Waals surface area contributed by atoms with E-state index in [1.165, 1.54) is 30.5 Å². The van der Waals surface area contributed by atoms with Crippen molar-refractivity contribution in [1.29, 1.82) is 0 Å². The van der Waals surface area contributed by atoms with Crippen LogP contribution in [0.25, 0.3) is 0 Å². The molecule has 122 valence electrons. The minimum atomic E-state index is -3.78. The molecule has 1 heterocycles. The van der Waals surface area contributed by atoms with E-state index in [9.17, 15) is 13.2 Å². The lowest BCUT2D eigenvalue weighted by Crippen LogP contribution is -2.37. The van der Waals surface area contributed by atoms with Gasteiger partial charge in [-0.05, 0) is 12.5 Å². The molecule has 0 spiro atoms. The van der Waals surface area contributed by atoms with Crippen molar-refractivity contribution >= 4 is 39.1 Å². The smallest absolute Gasteiger partial charge is 0.244 e. The molecule has 1 aromatic rings. The Kier molecular flexibility index (Phi) is 5.21. The number of methoxy groups -OCH3 is 1. The van der Waals surface area contributed by atoms with E-state index in [1.807, 2.05) is 0 Å². The van der Waals surface area contributed by atoms with Crippen LogP contribution in [-0.4, -0.2) is 44.9 Å². The number of amides is 1. The van der Waals surface area contributed by atoms with Crippen LogP contribution < -0.4 is 10.1 Å². The summed E-state index contributed by atoms with van der Waals surface area (Å²) in [4.78, 5) is 11.0. The summed E-state index contributed by atoms with van der Waals surface area (Å²) in [6.45, 7) is 1.92. The number of halogens is 2. The Bertz CT molecular complexity index is 694. The zero-order valence-corrected chi connectivity index (χ0v) is 14.4. The average Bonchev–Trinajstić information content (AvgIpc) is 2.89. The first kappa shape index (κ1) is 17.3. The molecule has 1 aliphatic rings. The van der Waals surface area contributed by atoms with Crippen LogP contribution in [0.1, 0.15) is 13.3 Å². The van der Waals surface area contributed by atoms with E-state index in [1.54, 1.807) is 0 Å². The highest BCUT2D eigenvalue weighted by molar-refractivity contribution is 7.89. The van der Waals surface area contributed by atoms with Gasteiger partial charge in [0.15, 0.2) is 0 Å². The van der Waals surface area contributed by atoms with Crippen molar-refractivity contribution in [2.24, 2.45) is 0 Å². The number of nitrogens with zero attached hydrogens (tertiary/aromatic N) is 1. The molecule has 2 rings (SSSR count). The molecular weight excluding hydrogens is 351 g/mol. The topological polar surface area (TPSA) is 75.7 Å². The fourth-order valence-electron chi connectivity index (χ4n) is 2.36. The predicted molar refractivity (Wildman–Crippen MR) is 84.0 cm³/mol. The Morgan fingerprint density at radius 2 is 2.05 bits per heavy atom. The van der Waals surface area contributed by atoms with E-state index in [0.29, 0.717) is 18.7 Å². The Labute approximate surface area is 139 Å². The summed E-state index contributed by atoms with van der Waals surface area (Å²) >= 11 is 12.0. The molecule has 9 heteroatoms. The standard InChI is InChI=1S/C13H16Cl2N2O4S/c1-8(18)16-9-3-4-17(7-9)22(19,20)13-6-10(14)12(21-2)5-11(13)15/h5-6,9H,3-4,7H2,1-2H3,(H,16,18). The predicted octanol–water partition coefficient (Wildman–Crippen LogP) is 1.90. The minimum absolute atomic E-state index is 0.0456. The second kappa shape index (κ2) is 6.62. The van der Waals surface area contributed by atoms with Gasteiger partial charge in [-0.15, -0.1) is 0 Å². The Balaban J connectivity index is 2.28. The van der Waals surface area contributed by atoms with E-state index < -0.39 is 10.0 Å². The fourth-order valence-corrected chi connectivity index (χ4v) is 4.68. The number of carbonyl (C=O) groups is 1. The van der Waals surface area contributed by atoms with Crippen molar-refractivity contribution in [3.63, 3.8) is 0 Å². The molecule has 1 aromatic carbocycles. The summed E-state index contributed by atoms with van der Waals surface area (Å²) in [5.41, 5.74) is 0. The maximum absolute atomic E-state index is 12.7. The third-order valence-corrected chi connectivity index (χ3v) is 6.01. The number of carbonyl (C=O) groups excluding carboxylic acids is 1. The third kappa shape index (κ3) is 3.48. The SMILES string of the molecule is COc1cc(Cl)c(S(=O)(=O)N2CCC(NC(C)=O)C2)cc1Cl. The maximum Gasteiger partial charge on any atom is 0.244 e. The van der Waals surface area contributed by atoms with E-state index >= 15 is 0 Å². The van der Waals surface area contributed by atoms with Crippen molar-refractivity contribution in [3.8, 4) is 5.75 Å². The molecule has 1 saturated heterocycles. The van der Waals surface area contributed by atoms with Gasteiger partial charge in [0.2, 0.25) is 15.9 Å². The molecule has 1 amide bonds. The third-order valence-electron chi connectivity index (χ3n) is 3.38. The van der Waals surface area contributed by atoms with Crippen LogP contribution in [0.5, 0.6) is 5.75 Å².